The Morgan fingerprint density at radius 3 is 2.50 bits per heavy atom. The van der Waals surface area contributed by atoms with E-state index in [0.29, 0.717) is 13.2 Å². The second-order valence-corrected chi connectivity index (χ2v) is 7.18. The quantitative estimate of drug-likeness (QED) is 0.360. The Morgan fingerprint density at radius 1 is 1.15 bits per heavy atom. The molecule has 2 rings (SSSR count). The second-order valence-electron chi connectivity index (χ2n) is 7.18. The molecule has 0 bridgehead atoms. The fourth-order valence-electron chi connectivity index (χ4n) is 3.26. The molecule has 1 heterocycles. The van der Waals surface area contributed by atoms with Crippen molar-refractivity contribution in [3.63, 3.8) is 0 Å². The van der Waals surface area contributed by atoms with E-state index >= 15 is 0 Å². The molecule has 1 aliphatic heterocycles. The number of nitrogens with zero attached hydrogens (tertiary/aromatic N) is 2. The van der Waals surface area contributed by atoms with E-state index in [4.69, 9.17) is 4.74 Å². The molecule has 26 heavy (non-hydrogen) atoms. The topological polar surface area (TPSA) is 48.9 Å². The van der Waals surface area contributed by atoms with Crippen LogP contribution in [0.3, 0.4) is 0 Å². The molecule has 1 fully saturated rings. The van der Waals surface area contributed by atoms with Gasteiger partial charge in [0.2, 0.25) is 0 Å². The first-order valence-corrected chi connectivity index (χ1v) is 9.47. The first-order chi connectivity index (χ1) is 12.1. The predicted octanol–water partition coefficient (Wildman–Crippen LogP) is 3.63. The molecule has 0 atom stereocenters. The largest absolute Gasteiger partial charge is 0.494 e. The maximum atomic E-state index is 5.69. The van der Waals surface area contributed by atoms with Gasteiger partial charge >= 0.3 is 0 Å². The summed E-state index contributed by atoms with van der Waals surface area (Å²) < 4.78 is 5.69. The van der Waals surface area contributed by atoms with E-state index in [9.17, 15) is 0 Å². The smallest absolute Gasteiger partial charge is 0.191 e. The number of piperidine rings is 1. The molecule has 0 aromatic heterocycles. The van der Waals surface area contributed by atoms with Crippen molar-refractivity contribution in [2.75, 3.05) is 33.3 Å². The Bertz CT molecular complexity index is 556. The summed E-state index contributed by atoms with van der Waals surface area (Å²) in [6, 6.07) is 8.14. The monoisotopic (exact) mass is 474 g/mol. The zero-order chi connectivity index (χ0) is 18.1. The Balaban J connectivity index is 0.00000338. The minimum atomic E-state index is 0. The number of para-hydroxylation sites is 1. The Labute approximate surface area is 176 Å². The van der Waals surface area contributed by atoms with Crippen LogP contribution in [0.1, 0.15) is 45.6 Å². The van der Waals surface area contributed by atoms with Crippen molar-refractivity contribution in [1.29, 1.82) is 0 Å². The number of nitrogens with one attached hydrogen (secondary N) is 2. The van der Waals surface area contributed by atoms with Crippen molar-refractivity contribution in [2.24, 2.45) is 4.99 Å². The fourth-order valence-corrected chi connectivity index (χ4v) is 3.26. The van der Waals surface area contributed by atoms with Crippen molar-refractivity contribution < 1.29 is 4.74 Å². The van der Waals surface area contributed by atoms with Crippen LogP contribution in [-0.4, -0.2) is 49.7 Å². The van der Waals surface area contributed by atoms with E-state index in [1.807, 2.05) is 32.2 Å². The van der Waals surface area contributed by atoms with Gasteiger partial charge in [-0.2, -0.15) is 0 Å². The molecule has 148 valence electrons. The highest BCUT2D eigenvalue weighted by molar-refractivity contribution is 14.0. The van der Waals surface area contributed by atoms with Crippen LogP contribution in [0, 0.1) is 0 Å². The molecular formula is C20H35IN4O. The van der Waals surface area contributed by atoms with E-state index in [1.165, 1.54) is 32.4 Å². The number of ether oxygens (including phenoxy) is 1. The molecule has 0 radical (unpaired) electrons. The van der Waals surface area contributed by atoms with E-state index in [2.05, 4.69) is 40.4 Å². The average molecular weight is 474 g/mol. The molecule has 2 N–H and O–H groups in total. The van der Waals surface area contributed by atoms with Gasteiger partial charge in [-0.15, -0.1) is 24.0 Å². The van der Waals surface area contributed by atoms with Crippen molar-refractivity contribution in [2.45, 2.75) is 52.1 Å². The number of guanidine groups is 1. The minimum Gasteiger partial charge on any atom is -0.494 e. The fraction of sp³-hybridized carbons (Fsp3) is 0.650. The standard InChI is InChI=1S/C20H34N4O.HI/c1-5-25-18-12-8-7-11-17(18)15-22-19(21-4)23-16-20(2,3)24-13-9-6-10-14-24;/h7-8,11-12H,5-6,9-10,13-16H2,1-4H3,(H2,21,22,23);1H. The molecule has 1 aromatic rings. The third-order valence-electron chi connectivity index (χ3n) is 4.84. The van der Waals surface area contributed by atoms with Crippen LogP contribution in [0.4, 0.5) is 0 Å². The Hall–Kier alpha value is -1.02. The molecule has 0 aliphatic carbocycles. The lowest BCUT2D eigenvalue weighted by Crippen LogP contribution is -2.54. The van der Waals surface area contributed by atoms with Crippen molar-refractivity contribution in [1.82, 2.24) is 15.5 Å². The first kappa shape index (κ1) is 23.0. The SMILES string of the molecule is CCOc1ccccc1CNC(=NC)NCC(C)(C)N1CCCCC1.I. The molecule has 0 spiro atoms. The van der Waals surface area contributed by atoms with Gasteiger partial charge in [0.25, 0.3) is 0 Å². The molecule has 1 saturated heterocycles. The van der Waals surface area contributed by atoms with Gasteiger partial charge in [0.15, 0.2) is 5.96 Å². The highest BCUT2D eigenvalue weighted by atomic mass is 127. The summed E-state index contributed by atoms with van der Waals surface area (Å²) in [7, 11) is 1.82. The number of hydrogen-bond donors (Lipinski definition) is 2. The minimum absolute atomic E-state index is 0. The zero-order valence-electron chi connectivity index (χ0n) is 16.7. The van der Waals surface area contributed by atoms with Crippen LogP contribution in [0.2, 0.25) is 0 Å². The van der Waals surface area contributed by atoms with Crippen molar-refractivity contribution in [3.8, 4) is 5.75 Å². The molecule has 5 nitrogen and oxygen atoms in total. The molecule has 0 amide bonds. The van der Waals surface area contributed by atoms with Gasteiger partial charge in [-0.05, 0) is 52.8 Å². The van der Waals surface area contributed by atoms with E-state index in [-0.39, 0.29) is 29.5 Å². The highest BCUT2D eigenvalue weighted by Gasteiger charge is 2.27. The van der Waals surface area contributed by atoms with E-state index in [0.717, 1.165) is 23.8 Å². The molecule has 0 saturated carbocycles. The van der Waals surface area contributed by atoms with Gasteiger partial charge in [0, 0.05) is 31.2 Å². The Kier molecular flexibility index (Phi) is 10.3. The van der Waals surface area contributed by atoms with E-state index < -0.39 is 0 Å². The molecule has 6 heteroatoms. The maximum Gasteiger partial charge on any atom is 0.191 e. The second kappa shape index (κ2) is 11.6. The summed E-state index contributed by atoms with van der Waals surface area (Å²) in [5.41, 5.74) is 1.27. The lowest BCUT2D eigenvalue weighted by atomic mass is 9.98. The Morgan fingerprint density at radius 2 is 1.85 bits per heavy atom. The summed E-state index contributed by atoms with van der Waals surface area (Å²) in [5.74, 6) is 1.76. The summed E-state index contributed by atoms with van der Waals surface area (Å²) in [4.78, 5) is 6.95. The van der Waals surface area contributed by atoms with Crippen LogP contribution < -0.4 is 15.4 Å². The summed E-state index contributed by atoms with van der Waals surface area (Å²) in [5, 5.41) is 6.89. The van der Waals surface area contributed by atoms with Crippen LogP contribution in [0.5, 0.6) is 5.75 Å². The van der Waals surface area contributed by atoms with Crippen molar-refractivity contribution >= 4 is 29.9 Å². The number of aliphatic imine (C=N–C) groups is 1. The molecular weight excluding hydrogens is 439 g/mol. The zero-order valence-corrected chi connectivity index (χ0v) is 19.0. The van der Waals surface area contributed by atoms with Gasteiger partial charge in [-0.1, -0.05) is 24.6 Å². The van der Waals surface area contributed by atoms with Gasteiger partial charge in [0.05, 0.1) is 6.61 Å². The lowest BCUT2D eigenvalue weighted by molar-refractivity contribution is 0.0982. The van der Waals surface area contributed by atoms with Crippen molar-refractivity contribution in [3.05, 3.63) is 29.8 Å². The van der Waals surface area contributed by atoms with Gasteiger partial charge < -0.3 is 15.4 Å². The van der Waals surface area contributed by atoms with Crippen LogP contribution in [-0.2, 0) is 6.54 Å². The number of halogens is 1. The van der Waals surface area contributed by atoms with Crippen LogP contribution in [0.25, 0.3) is 0 Å². The average Bonchev–Trinajstić information content (AvgIpc) is 2.64. The molecule has 1 aromatic carbocycles. The van der Waals surface area contributed by atoms with Gasteiger partial charge in [-0.3, -0.25) is 9.89 Å². The predicted molar refractivity (Wildman–Crippen MR) is 121 cm³/mol. The van der Waals surface area contributed by atoms with Gasteiger partial charge in [-0.25, -0.2) is 0 Å². The number of benzene rings is 1. The number of likely N-dealkylation sites (tertiary alicyclic amines) is 1. The number of hydrogen-bond acceptors (Lipinski definition) is 3. The summed E-state index contributed by atoms with van der Waals surface area (Å²) in [6.07, 6.45) is 3.98. The lowest BCUT2D eigenvalue weighted by Gasteiger charge is -2.41. The molecule has 0 unspecified atom stereocenters. The third kappa shape index (κ3) is 6.95. The summed E-state index contributed by atoms with van der Waals surface area (Å²) >= 11 is 0. The molecule has 1 aliphatic rings. The van der Waals surface area contributed by atoms with Crippen LogP contribution >= 0.6 is 24.0 Å². The van der Waals surface area contributed by atoms with Gasteiger partial charge in [0.1, 0.15) is 5.75 Å². The number of rotatable bonds is 7. The first-order valence-electron chi connectivity index (χ1n) is 9.47. The van der Waals surface area contributed by atoms with Crippen LogP contribution in [0.15, 0.2) is 29.3 Å². The normalized spacial score (nSPS) is 15.9. The highest BCUT2D eigenvalue weighted by Crippen LogP contribution is 2.20. The maximum absolute atomic E-state index is 5.69. The van der Waals surface area contributed by atoms with E-state index in [1.54, 1.807) is 0 Å². The summed E-state index contributed by atoms with van der Waals surface area (Å²) in [6.45, 7) is 11.3. The third-order valence-corrected chi connectivity index (χ3v) is 4.84.